The minimum Gasteiger partial charge on any atom is -0.481 e. The van der Waals surface area contributed by atoms with Gasteiger partial charge in [0, 0.05) is 5.57 Å². The van der Waals surface area contributed by atoms with Crippen LogP contribution < -0.4 is 0 Å². The van der Waals surface area contributed by atoms with E-state index in [9.17, 15) is 14.7 Å². The zero-order valence-electron chi connectivity index (χ0n) is 15.8. The number of rotatable bonds is 5. The fraction of sp³-hybridized carbons (Fsp3) is 0.714. The lowest BCUT2D eigenvalue weighted by Crippen LogP contribution is -2.35. The predicted octanol–water partition coefficient (Wildman–Crippen LogP) is 4.36. The average Bonchev–Trinajstić information content (AvgIpc) is 3.03. The molecule has 138 valence electrons. The van der Waals surface area contributed by atoms with Gasteiger partial charge in [0.1, 0.15) is 0 Å². The summed E-state index contributed by atoms with van der Waals surface area (Å²) in [6, 6.07) is 0. The van der Waals surface area contributed by atoms with E-state index in [0.29, 0.717) is 17.4 Å². The number of methoxy groups -OCH3 is 1. The Morgan fingerprint density at radius 1 is 1.40 bits per heavy atom. The zero-order valence-corrected chi connectivity index (χ0v) is 15.8. The predicted molar refractivity (Wildman–Crippen MR) is 95.9 cm³/mol. The molecule has 0 amide bonds. The summed E-state index contributed by atoms with van der Waals surface area (Å²) in [4.78, 5) is 23.4. The number of esters is 1. The number of carbonyl (C=O) groups is 2. The van der Waals surface area contributed by atoms with Crippen molar-refractivity contribution in [2.24, 2.45) is 28.6 Å². The summed E-state index contributed by atoms with van der Waals surface area (Å²) in [5, 5.41) is 9.76. The fourth-order valence-electron chi connectivity index (χ4n) is 6.38. The molecule has 2 fully saturated rings. The van der Waals surface area contributed by atoms with Gasteiger partial charge in [0.2, 0.25) is 0 Å². The first kappa shape index (κ1) is 18.2. The van der Waals surface area contributed by atoms with Gasteiger partial charge < -0.3 is 9.84 Å². The van der Waals surface area contributed by atoms with Crippen LogP contribution in [0.1, 0.15) is 59.3 Å². The van der Waals surface area contributed by atoms with Crippen LogP contribution in [0.2, 0.25) is 0 Å². The van der Waals surface area contributed by atoms with Crippen molar-refractivity contribution in [1.82, 2.24) is 0 Å². The molecule has 1 spiro atoms. The second-order valence-electron chi connectivity index (χ2n) is 8.59. The molecule has 2 bridgehead atoms. The standard InChI is InChI=1S/C21H30O4/c1-13-9-11-21-12-16(13)20(3,10-5-6-14(2)19(24)25-4)17(21)8-7-15(21)18(22)23/h6,9,15-17H,5,7-8,10-12H2,1-4H3,(H,22,23)/b14-6+/t15-,16+,17+,20+,21+/m1/s1. The first-order valence-electron chi connectivity index (χ1n) is 9.41. The summed E-state index contributed by atoms with van der Waals surface area (Å²) < 4.78 is 4.77. The molecule has 5 atom stereocenters. The van der Waals surface area contributed by atoms with Crippen LogP contribution in [0.5, 0.6) is 0 Å². The number of carboxylic acids is 1. The maximum Gasteiger partial charge on any atom is 0.333 e. The molecule has 4 nitrogen and oxygen atoms in total. The van der Waals surface area contributed by atoms with Crippen LogP contribution in [-0.2, 0) is 14.3 Å². The summed E-state index contributed by atoms with van der Waals surface area (Å²) >= 11 is 0. The van der Waals surface area contributed by atoms with Crippen LogP contribution in [0.3, 0.4) is 0 Å². The molecule has 0 aliphatic heterocycles. The Labute approximate surface area is 150 Å². The summed E-state index contributed by atoms with van der Waals surface area (Å²) in [7, 11) is 1.41. The monoisotopic (exact) mass is 346 g/mol. The van der Waals surface area contributed by atoms with Gasteiger partial charge in [0.05, 0.1) is 13.0 Å². The van der Waals surface area contributed by atoms with E-state index in [1.165, 1.54) is 12.7 Å². The molecule has 3 aliphatic carbocycles. The number of fused-ring (bicyclic) bond motifs is 1. The Bertz CT molecular complexity index is 646. The van der Waals surface area contributed by atoms with Crippen molar-refractivity contribution < 1.29 is 19.4 Å². The molecular formula is C21H30O4. The van der Waals surface area contributed by atoms with E-state index in [4.69, 9.17) is 4.74 Å². The van der Waals surface area contributed by atoms with E-state index in [0.717, 1.165) is 38.5 Å². The van der Waals surface area contributed by atoms with Crippen molar-refractivity contribution in [3.05, 3.63) is 23.3 Å². The summed E-state index contributed by atoms with van der Waals surface area (Å²) in [6.45, 7) is 6.37. The summed E-state index contributed by atoms with van der Waals surface area (Å²) in [5.74, 6) is -0.139. The van der Waals surface area contributed by atoms with Gasteiger partial charge in [-0.15, -0.1) is 0 Å². The Kier molecular flexibility index (Phi) is 4.59. The molecule has 2 saturated carbocycles. The highest BCUT2D eigenvalue weighted by Crippen LogP contribution is 2.72. The van der Waals surface area contributed by atoms with Crippen molar-refractivity contribution >= 4 is 11.9 Å². The van der Waals surface area contributed by atoms with E-state index >= 15 is 0 Å². The van der Waals surface area contributed by atoms with Crippen molar-refractivity contribution in [3.8, 4) is 0 Å². The summed E-state index contributed by atoms with van der Waals surface area (Å²) in [5.41, 5.74) is 2.16. The van der Waals surface area contributed by atoms with Crippen LogP contribution >= 0.6 is 0 Å². The van der Waals surface area contributed by atoms with E-state index < -0.39 is 5.97 Å². The van der Waals surface area contributed by atoms with Crippen molar-refractivity contribution in [2.45, 2.75) is 59.3 Å². The Hall–Kier alpha value is -1.58. The number of aliphatic carboxylic acids is 1. The molecule has 0 heterocycles. The second-order valence-corrected chi connectivity index (χ2v) is 8.59. The quantitative estimate of drug-likeness (QED) is 0.456. The number of hydrogen-bond acceptors (Lipinski definition) is 3. The second kappa shape index (κ2) is 6.30. The Morgan fingerprint density at radius 2 is 2.12 bits per heavy atom. The largest absolute Gasteiger partial charge is 0.481 e. The van der Waals surface area contributed by atoms with E-state index in [1.807, 2.05) is 6.08 Å². The first-order chi connectivity index (χ1) is 11.8. The molecule has 3 rings (SSSR count). The third kappa shape index (κ3) is 2.65. The number of carboxylic acid groups (broad SMARTS) is 1. The van der Waals surface area contributed by atoms with Gasteiger partial charge in [-0.1, -0.05) is 24.6 Å². The molecule has 0 aromatic heterocycles. The van der Waals surface area contributed by atoms with Gasteiger partial charge in [0.25, 0.3) is 0 Å². The third-order valence-electron chi connectivity index (χ3n) is 7.60. The molecule has 3 aliphatic rings. The molecule has 0 unspecified atom stereocenters. The molecule has 0 radical (unpaired) electrons. The van der Waals surface area contributed by atoms with Gasteiger partial charge >= 0.3 is 11.9 Å². The van der Waals surface area contributed by atoms with Gasteiger partial charge in [0.15, 0.2) is 0 Å². The lowest BCUT2D eigenvalue weighted by molar-refractivity contribution is -0.146. The molecule has 1 N–H and O–H groups in total. The van der Waals surface area contributed by atoms with Gasteiger partial charge in [-0.2, -0.15) is 0 Å². The first-order valence-corrected chi connectivity index (χ1v) is 9.41. The number of carbonyl (C=O) groups excluding carboxylic acids is 1. The normalized spacial score (nSPS) is 39.8. The van der Waals surface area contributed by atoms with Gasteiger partial charge in [-0.3, -0.25) is 4.79 Å². The highest BCUT2D eigenvalue weighted by atomic mass is 16.5. The van der Waals surface area contributed by atoms with Crippen molar-refractivity contribution in [3.63, 3.8) is 0 Å². The summed E-state index contributed by atoms with van der Waals surface area (Å²) in [6.07, 6.45) is 9.90. The highest BCUT2D eigenvalue weighted by molar-refractivity contribution is 5.87. The maximum atomic E-state index is 11.9. The number of allylic oxidation sites excluding steroid dienone is 3. The minimum absolute atomic E-state index is 0.0497. The Morgan fingerprint density at radius 3 is 2.76 bits per heavy atom. The van der Waals surface area contributed by atoms with E-state index in [2.05, 4.69) is 19.9 Å². The van der Waals surface area contributed by atoms with Crippen LogP contribution in [0.4, 0.5) is 0 Å². The van der Waals surface area contributed by atoms with E-state index in [-0.39, 0.29) is 22.7 Å². The van der Waals surface area contributed by atoms with E-state index in [1.54, 1.807) is 6.92 Å². The molecule has 4 heteroatoms. The van der Waals surface area contributed by atoms with Crippen LogP contribution in [0, 0.1) is 28.6 Å². The molecule has 0 aromatic carbocycles. The van der Waals surface area contributed by atoms with Gasteiger partial charge in [-0.25, -0.2) is 4.79 Å². The minimum atomic E-state index is -0.611. The smallest absolute Gasteiger partial charge is 0.333 e. The van der Waals surface area contributed by atoms with Gasteiger partial charge in [-0.05, 0) is 75.0 Å². The fourth-order valence-corrected chi connectivity index (χ4v) is 6.38. The van der Waals surface area contributed by atoms with Crippen LogP contribution in [-0.4, -0.2) is 24.2 Å². The number of hydrogen-bond donors (Lipinski definition) is 1. The van der Waals surface area contributed by atoms with Crippen molar-refractivity contribution in [2.75, 3.05) is 7.11 Å². The topological polar surface area (TPSA) is 63.6 Å². The lowest BCUT2D eigenvalue weighted by atomic mass is 9.66. The Balaban J connectivity index is 1.85. The van der Waals surface area contributed by atoms with Crippen LogP contribution in [0.25, 0.3) is 0 Å². The molecule has 0 aromatic rings. The maximum absolute atomic E-state index is 11.9. The average molecular weight is 346 g/mol. The SMILES string of the molecule is COC(=O)/C(C)=C/CC[C@@]1(C)[C@H]2C[C@@]3(CC=C2C)[C@@H](C(=O)O)CC[C@@H]13. The molecule has 0 saturated heterocycles. The van der Waals surface area contributed by atoms with Crippen molar-refractivity contribution in [1.29, 1.82) is 0 Å². The molecule has 25 heavy (non-hydrogen) atoms. The van der Waals surface area contributed by atoms with Crippen LogP contribution in [0.15, 0.2) is 23.3 Å². The number of ether oxygens (including phenoxy) is 1. The zero-order chi connectivity index (χ0) is 18.4. The lowest BCUT2D eigenvalue weighted by Gasteiger charge is -2.38. The highest BCUT2D eigenvalue weighted by Gasteiger charge is 2.66. The third-order valence-corrected chi connectivity index (χ3v) is 7.60. The molecular weight excluding hydrogens is 316 g/mol.